The number of aliphatic imine (C=N–C) groups is 1. The zero-order valence-electron chi connectivity index (χ0n) is 17.7. The maximum absolute atomic E-state index is 12.6. The number of benzene rings is 1. The fourth-order valence-electron chi connectivity index (χ4n) is 4.20. The van der Waals surface area contributed by atoms with Crippen molar-refractivity contribution in [3.8, 4) is 11.5 Å². The Hall–Kier alpha value is -1.36. The van der Waals surface area contributed by atoms with Crippen LogP contribution in [0.25, 0.3) is 0 Å². The van der Waals surface area contributed by atoms with E-state index in [1.165, 1.54) is 32.8 Å². The molecular formula is C21H33F2IN4O2. The predicted octanol–water partition coefficient (Wildman–Crippen LogP) is 3.99. The van der Waals surface area contributed by atoms with E-state index in [2.05, 4.69) is 25.3 Å². The highest BCUT2D eigenvalue weighted by molar-refractivity contribution is 14.0. The highest BCUT2D eigenvalue weighted by atomic mass is 127. The lowest BCUT2D eigenvalue weighted by Crippen LogP contribution is -2.45. The first-order chi connectivity index (χ1) is 14.1. The molecule has 2 aliphatic rings. The molecule has 1 aliphatic carbocycles. The highest BCUT2D eigenvalue weighted by Gasteiger charge is 2.30. The van der Waals surface area contributed by atoms with Crippen LogP contribution in [0.3, 0.4) is 0 Å². The number of likely N-dealkylation sites (tertiary alicyclic amines) is 1. The van der Waals surface area contributed by atoms with E-state index in [-0.39, 0.29) is 35.5 Å². The molecule has 1 aromatic rings. The summed E-state index contributed by atoms with van der Waals surface area (Å²) < 4.78 is 34.9. The Labute approximate surface area is 194 Å². The van der Waals surface area contributed by atoms with Crippen LogP contribution in [0.5, 0.6) is 11.5 Å². The number of rotatable bonds is 8. The van der Waals surface area contributed by atoms with Crippen LogP contribution >= 0.6 is 24.0 Å². The van der Waals surface area contributed by atoms with E-state index in [0.29, 0.717) is 12.6 Å². The van der Waals surface area contributed by atoms with Gasteiger partial charge in [-0.05, 0) is 43.9 Å². The maximum Gasteiger partial charge on any atom is 0.387 e. The van der Waals surface area contributed by atoms with E-state index in [1.54, 1.807) is 12.1 Å². The molecule has 1 aromatic carbocycles. The van der Waals surface area contributed by atoms with Gasteiger partial charge in [-0.2, -0.15) is 8.78 Å². The molecule has 170 valence electrons. The third-order valence-electron chi connectivity index (χ3n) is 5.61. The summed E-state index contributed by atoms with van der Waals surface area (Å²) >= 11 is 0. The van der Waals surface area contributed by atoms with Crippen molar-refractivity contribution in [2.24, 2.45) is 4.99 Å². The Bertz CT molecular complexity index is 687. The SMILES string of the molecule is CCNC(=NCc1ccc(OC)c(OC(F)F)c1)NC1CCN(C2CCCC2)C1.I. The topological polar surface area (TPSA) is 58.1 Å². The second-order valence-electron chi connectivity index (χ2n) is 7.62. The number of hydrogen-bond donors (Lipinski definition) is 2. The van der Waals surface area contributed by atoms with Crippen LogP contribution in [0.2, 0.25) is 0 Å². The monoisotopic (exact) mass is 538 g/mol. The summed E-state index contributed by atoms with van der Waals surface area (Å²) in [6.45, 7) is 2.43. The van der Waals surface area contributed by atoms with E-state index >= 15 is 0 Å². The Kier molecular flexibility index (Phi) is 10.4. The summed E-state index contributed by atoms with van der Waals surface area (Å²) in [6, 6.07) is 6.10. The minimum atomic E-state index is -2.90. The first-order valence-electron chi connectivity index (χ1n) is 10.5. The van der Waals surface area contributed by atoms with Gasteiger partial charge in [-0.3, -0.25) is 4.90 Å². The van der Waals surface area contributed by atoms with Gasteiger partial charge in [0.15, 0.2) is 17.5 Å². The minimum Gasteiger partial charge on any atom is -0.493 e. The average molecular weight is 538 g/mol. The summed E-state index contributed by atoms with van der Waals surface area (Å²) in [5.74, 6) is 1.05. The van der Waals surface area contributed by atoms with Gasteiger partial charge >= 0.3 is 6.61 Å². The van der Waals surface area contributed by atoms with Gasteiger partial charge < -0.3 is 20.1 Å². The van der Waals surface area contributed by atoms with Crippen LogP contribution in [-0.4, -0.2) is 56.3 Å². The second kappa shape index (κ2) is 12.5. The van der Waals surface area contributed by atoms with E-state index in [9.17, 15) is 8.78 Å². The lowest BCUT2D eigenvalue weighted by molar-refractivity contribution is -0.0512. The standard InChI is InChI=1S/C21H32F2N4O2.HI/c1-3-24-21(26-16-10-11-27(14-16)17-6-4-5-7-17)25-13-15-8-9-18(28-2)19(12-15)29-20(22)23;/h8-9,12,16-17,20H,3-7,10-11,13-14H2,1-2H3,(H2,24,25,26);1H. The zero-order valence-corrected chi connectivity index (χ0v) is 20.0. The molecule has 1 saturated carbocycles. The second-order valence-corrected chi connectivity index (χ2v) is 7.62. The summed E-state index contributed by atoms with van der Waals surface area (Å²) in [4.78, 5) is 7.24. The van der Waals surface area contributed by atoms with Crippen LogP contribution < -0.4 is 20.1 Å². The molecule has 0 radical (unpaired) electrons. The maximum atomic E-state index is 12.6. The summed E-state index contributed by atoms with van der Waals surface area (Å²) in [5.41, 5.74) is 0.776. The van der Waals surface area contributed by atoms with Crippen molar-refractivity contribution in [2.45, 2.75) is 64.3 Å². The molecule has 1 aliphatic heterocycles. The van der Waals surface area contributed by atoms with Gasteiger partial charge in [-0.1, -0.05) is 18.9 Å². The van der Waals surface area contributed by atoms with Crippen LogP contribution in [0.15, 0.2) is 23.2 Å². The minimum absolute atomic E-state index is 0. The molecule has 0 bridgehead atoms. The number of alkyl halides is 2. The zero-order chi connectivity index (χ0) is 20.6. The molecule has 3 rings (SSSR count). The largest absolute Gasteiger partial charge is 0.493 e. The predicted molar refractivity (Wildman–Crippen MR) is 125 cm³/mol. The third kappa shape index (κ3) is 7.11. The van der Waals surface area contributed by atoms with Crippen molar-refractivity contribution < 1.29 is 18.3 Å². The summed E-state index contributed by atoms with van der Waals surface area (Å²) in [7, 11) is 1.43. The first-order valence-corrected chi connectivity index (χ1v) is 10.5. The van der Waals surface area contributed by atoms with Gasteiger partial charge in [0.25, 0.3) is 0 Å². The average Bonchev–Trinajstić information content (AvgIpc) is 3.38. The molecule has 30 heavy (non-hydrogen) atoms. The molecule has 1 heterocycles. The van der Waals surface area contributed by atoms with Gasteiger partial charge in [0, 0.05) is 31.7 Å². The van der Waals surface area contributed by atoms with Gasteiger partial charge in [-0.25, -0.2) is 4.99 Å². The number of nitrogens with one attached hydrogen (secondary N) is 2. The van der Waals surface area contributed by atoms with Crippen LogP contribution in [0.1, 0.15) is 44.6 Å². The molecule has 6 nitrogen and oxygen atoms in total. The Balaban J connectivity index is 0.00000320. The molecular weight excluding hydrogens is 505 g/mol. The van der Waals surface area contributed by atoms with Crippen molar-refractivity contribution in [3.63, 3.8) is 0 Å². The Morgan fingerprint density at radius 3 is 2.67 bits per heavy atom. The fourth-order valence-corrected chi connectivity index (χ4v) is 4.20. The van der Waals surface area contributed by atoms with Crippen LogP contribution in [0, 0.1) is 0 Å². The number of methoxy groups -OCH3 is 1. The number of ether oxygens (including phenoxy) is 2. The number of halogens is 3. The van der Waals surface area contributed by atoms with E-state index in [0.717, 1.165) is 43.6 Å². The molecule has 1 unspecified atom stereocenters. The van der Waals surface area contributed by atoms with Gasteiger partial charge in [0.2, 0.25) is 0 Å². The molecule has 0 aromatic heterocycles. The van der Waals surface area contributed by atoms with E-state index in [4.69, 9.17) is 4.74 Å². The fraction of sp³-hybridized carbons (Fsp3) is 0.667. The summed E-state index contributed by atoms with van der Waals surface area (Å²) in [5, 5.41) is 6.81. The lowest BCUT2D eigenvalue weighted by Gasteiger charge is -2.24. The normalized spacial score (nSPS) is 20.3. The van der Waals surface area contributed by atoms with Crippen molar-refractivity contribution in [2.75, 3.05) is 26.7 Å². The molecule has 9 heteroatoms. The van der Waals surface area contributed by atoms with E-state index < -0.39 is 6.61 Å². The lowest BCUT2D eigenvalue weighted by atomic mass is 10.2. The van der Waals surface area contributed by atoms with Crippen molar-refractivity contribution in [3.05, 3.63) is 23.8 Å². The molecule has 2 fully saturated rings. The molecule has 1 saturated heterocycles. The molecule has 2 N–H and O–H groups in total. The van der Waals surface area contributed by atoms with E-state index in [1.807, 2.05) is 13.0 Å². The highest BCUT2D eigenvalue weighted by Crippen LogP contribution is 2.30. The van der Waals surface area contributed by atoms with Gasteiger partial charge in [0.1, 0.15) is 0 Å². The molecule has 0 amide bonds. The van der Waals surface area contributed by atoms with Crippen molar-refractivity contribution in [1.29, 1.82) is 0 Å². The number of guanidine groups is 1. The quantitative estimate of drug-likeness (QED) is 0.298. The van der Waals surface area contributed by atoms with Crippen molar-refractivity contribution >= 4 is 29.9 Å². The number of nitrogens with zero attached hydrogens (tertiary/aromatic N) is 2. The summed E-state index contributed by atoms with van der Waals surface area (Å²) in [6.07, 6.45) is 6.45. The Morgan fingerprint density at radius 2 is 2.00 bits per heavy atom. The third-order valence-corrected chi connectivity index (χ3v) is 5.61. The van der Waals surface area contributed by atoms with Gasteiger partial charge in [0.05, 0.1) is 13.7 Å². The number of hydrogen-bond acceptors (Lipinski definition) is 4. The van der Waals surface area contributed by atoms with Crippen LogP contribution in [-0.2, 0) is 6.54 Å². The van der Waals surface area contributed by atoms with Crippen molar-refractivity contribution in [1.82, 2.24) is 15.5 Å². The van der Waals surface area contributed by atoms with Gasteiger partial charge in [-0.15, -0.1) is 24.0 Å². The molecule has 1 atom stereocenters. The Morgan fingerprint density at radius 1 is 1.23 bits per heavy atom. The smallest absolute Gasteiger partial charge is 0.387 e. The van der Waals surface area contributed by atoms with Crippen LogP contribution in [0.4, 0.5) is 8.78 Å². The first kappa shape index (κ1) is 24.9. The molecule has 0 spiro atoms.